The van der Waals surface area contributed by atoms with E-state index >= 15 is 0 Å². The number of anilines is 3. The fraction of sp³-hybridized carbons (Fsp3) is 0.533. The molecule has 1 N–H and O–H groups in total. The molecule has 0 aliphatic rings. The van der Waals surface area contributed by atoms with Gasteiger partial charge in [0.1, 0.15) is 0 Å². The number of aromatic nitrogens is 3. The first kappa shape index (κ1) is 54.8. The zero-order valence-electron chi connectivity index (χ0n) is 43.2. The molecule has 0 aliphatic heterocycles. The zero-order valence-corrected chi connectivity index (χ0v) is 43.2. The smallest absolute Gasteiger partial charge is 0.220 e. The van der Waals surface area contributed by atoms with Crippen molar-refractivity contribution in [3.05, 3.63) is 149 Å². The molecule has 0 aliphatic carbocycles. The molecule has 3 heterocycles. The third kappa shape index (κ3) is 18.3. The Bertz CT molecular complexity index is 2130. The van der Waals surface area contributed by atoms with Crippen LogP contribution in [0.25, 0.3) is 0 Å². The highest BCUT2D eigenvalue weighted by atomic mass is 16.5. The molecule has 5 rings (SSSR count). The molecule has 2 aromatic carbocycles. The van der Waals surface area contributed by atoms with Crippen molar-refractivity contribution in [3.63, 3.8) is 0 Å². The summed E-state index contributed by atoms with van der Waals surface area (Å²) in [6, 6.07) is 29.9. The van der Waals surface area contributed by atoms with E-state index in [2.05, 4.69) is 124 Å². The van der Waals surface area contributed by atoms with Gasteiger partial charge in [-0.25, -0.2) is 0 Å². The quantitative estimate of drug-likeness (QED) is 0.0249. The summed E-state index contributed by atoms with van der Waals surface area (Å²) in [5, 5.41) is 15.1. The van der Waals surface area contributed by atoms with Crippen molar-refractivity contribution in [2.75, 3.05) is 38.4 Å². The van der Waals surface area contributed by atoms with E-state index in [9.17, 15) is 10.0 Å². The van der Waals surface area contributed by atoms with Gasteiger partial charge in [-0.05, 0) is 96.2 Å². The van der Waals surface area contributed by atoms with Crippen molar-refractivity contribution in [2.24, 2.45) is 0 Å². The lowest BCUT2D eigenvalue weighted by Gasteiger charge is -2.26. The van der Waals surface area contributed by atoms with E-state index < -0.39 is 0 Å². The molecule has 3 aromatic heterocycles. The van der Waals surface area contributed by atoms with Crippen LogP contribution in [0.3, 0.4) is 0 Å². The summed E-state index contributed by atoms with van der Waals surface area (Å²) in [6.45, 7) is 13.2. The Labute approximate surface area is 416 Å². The second-order valence-electron chi connectivity index (χ2n) is 19.1. The number of benzene rings is 2. The first-order valence-electron chi connectivity index (χ1n) is 26.7. The highest BCUT2D eigenvalue weighted by Gasteiger charge is 2.19. The Morgan fingerprint density at radius 2 is 1.03 bits per heavy atom. The number of unbranched alkanes of at least 4 members (excludes halogenated alkanes) is 12. The van der Waals surface area contributed by atoms with Gasteiger partial charge in [0.2, 0.25) is 5.91 Å². The number of nitrogens with zero attached hydrogens (tertiary/aromatic N) is 4. The second kappa shape index (κ2) is 31.2. The van der Waals surface area contributed by atoms with E-state index in [1.807, 2.05) is 18.3 Å². The lowest BCUT2D eigenvalue weighted by atomic mass is 9.90. The van der Waals surface area contributed by atoms with E-state index in [-0.39, 0.29) is 23.7 Å². The number of pyridine rings is 3. The Balaban J connectivity index is 1.14. The molecule has 0 saturated heterocycles. The van der Waals surface area contributed by atoms with E-state index in [0.29, 0.717) is 38.7 Å². The average molecular weight is 940 g/mol. The summed E-state index contributed by atoms with van der Waals surface area (Å²) in [5.41, 5.74) is 9.86. The Kier molecular flexibility index (Phi) is 24.8. The van der Waals surface area contributed by atoms with Crippen LogP contribution in [0, 0.1) is 5.21 Å². The number of hydrogen-bond donors (Lipinski definition) is 1. The van der Waals surface area contributed by atoms with E-state index in [0.717, 1.165) is 63.6 Å². The van der Waals surface area contributed by atoms with Crippen molar-refractivity contribution in [2.45, 2.75) is 174 Å². The highest BCUT2D eigenvalue weighted by molar-refractivity contribution is 5.77. The number of hydrogen-bond acceptors (Lipinski definition) is 7. The van der Waals surface area contributed by atoms with Gasteiger partial charge in [0.15, 0.2) is 12.4 Å². The number of nitrogens with one attached hydrogen (secondary N) is 1. The van der Waals surface area contributed by atoms with E-state index in [1.165, 1.54) is 101 Å². The maximum Gasteiger partial charge on any atom is 0.220 e. The molecular weight excluding hydrogens is 855 g/mol. The number of carbonyl (C=O) groups is 1. The fourth-order valence-electron chi connectivity index (χ4n) is 9.52. The number of rotatable bonds is 34. The van der Waals surface area contributed by atoms with Crippen LogP contribution in [0.5, 0.6) is 0 Å². The summed E-state index contributed by atoms with van der Waals surface area (Å²) in [7, 11) is 1.64. The maximum absolute atomic E-state index is 12.5. The molecule has 69 heavy (non-hydrogen) atoms. The summed E-state index contributed by atoms with van der Waals surface area (Å²) < 4.78 is 11.3. The second-order valence-corrected chi connectivity index (χ2v) is 19.1. The number of amides is 1. The van der Waals surface area contributed by atoms with Crippen LogP contribution in [0.2, 0.25) is 0 Å². The standard InChI is InChI=1S/C60H85N5O4/c1-7-10-11-12-13-14-15-16-17-18-19-20-21-22-49(8-2)53-27-34-58(62-45-53)47(4)51-23-30-55(31-24-51)65(57-37-40-64(67)41-38-57)56-32-25-52(26-33-56)48(5)59-35-28-54(46-63-59)50(9-3)29-36-60(66)61-39-42-69-44-43-68-6/h23-28,30-35,37-38,40-41,45-50H,7-22,29,36,39,42-44H2,1-6H3,(H,61,66). The summed E-state index contributed by atoms with van der Waals surface area (Å²) >= 11 is 0. The lowest BCUT2D eigenvalue weighted by Crippen LogP contribution is -2.27. The SMILES string of the molecule is CCCCCCCCCCCCCCCC(CC)c1ccc(C(C)c2ccc(N(c3ccc(C(C)c4ccc(C(CC)CCC(=O)NCCOCCOC)cn4)cc3)c3cc[n+]([O-])cc3)cc2)nc1. The molecule has 5 aromatic rings. The Morgan fingerprint density at radius 1 is 0.580 bits per heavy atom. The zero-order chi connectivity index (χ0) is 49.1. The molecule has 0 fully saturated rings. The van der Waals surface area contributed by atoms with E-state index in [4.69, 9.17) is 19.4 Å². The van der Waals surface area contributed by atoms with Gasteiger partial charge in [-0.1, -0.05) is 154 Å². The van der Waals surface area contributed by atoms with Gasteiger partial charge >= 0.3 is 0 Å². The van der Waals surface area contributed by atoms with Crippen LogP contribution >= 0.6 is 0 Å². The monoisotopic (exact) mass is 940 g/mol. The van der Waals surface area contributed by atoms with Gasteiger partial charge in [0.25, 0.3) is 0 Å². The van der Waals surface area contributed by atoms with Gasteiger partial charge in [-0.15, -0.1) is 0 Å². The predicted molar refractivity (Wildman–Crippen MR) is 285 cm³/mol. The average Bonchev–Trinajstić information content (AvgIpc) is 3.38. The van der Waals surface area contributed by atoms with Crippen LogP contribution in [0.1, 0.15) is 208 Å². The van der Waals surface area contributed by atoms with Gasteiger partial charge in [-0.2, -0.15) is 4.73 Å². The molecule has 0 saturated carbocycles. The normalized spacial score (nSPS) is 13.2. The third-order valence-electron chi connectivity index (χ3n) is 14.2. The predicted octanol–water partition coefficient (Wildman–Crippen LogP) is 14.9. The minimum atomic E-state index is 0.0426. The topological polar surface area (TPSA) is 104 Å². The lowest BCUT2D eigenvalue weighted by molar-refractivity contribution is -0.605. The summed E-state index contributed by atoms with van der Waals surface area (Å²) in [6.07, 6.45) is 29.8. The summed E-state index contributed by atoms with van der Waals surface area (Å²) in [5.74, 6) is 1.09. The molecule has 9 nitrogen and oxygen atoms in total. The number of methoxy groups -OCH3 is 1. The molecule has 0 spiro atoms. The minimum absolute atomic E-state index is 0.0426. The number of ether oxygens (including phenoxy) is 2. The minimum Gasteiger partial charge on any atom is -0.619 e. The Morgan fingerprint density at radius 3 is 1.48 bits per heavy atom. The van der Waals surface area contributed by atoms with Crippen LogP contribution in [0.4, 0.5) is 17.1 Å². The van der Waals surface area contributed by atoms with Crippen molar-refractivity contribution < 1.29 is 19.0 Å². The van der Waals surface area contributed by atoms with Crippen molar-refractivity contribution in [3.8, 4) is 0 Å². The van der Waals surface area contributed by atoms with Gasteiger partial charge in [0, 0.05) is 79.2 Å². The third-order valence-corrected chi connectivity index (χ3v) is 14.2. The molecule has 4 atom stereocenters. The highest BCUT2D eigenvalue weighted by Crippen LogP contribution is 2.37. The largest absolute Gasteiger partial charge is 0.619 e. The molecule has 4 unspecified atom stereocenters. The van der Waals surface area contributed by atoms with Crippen LogP contribution in [-0.4, -0.2) is 49.4 Å². The molecule has 0 radical (unpaired) electrons. The Hall–Kier alpha value is -5.12. The van der Waals surface area contributed by atoms with Crippen molar-refractivity contribution >= 4 is 23.0 Å². The van der Waals surface area contributed by atoms with Crippen LogP contribution in [-0.2, 0) is 14.3 Å². The van der Waals surface area contributed by atoms with Gasteiger partial charge in [-0.3, -0.25) is 14.8 Å². The van der Waals surface area contributed by atoms with Crippen molar-refractivity contribution in [1.29, 1.82) is 0 Å². The molecule has 9 heteroatoms. The molecule has 0 bridgehead atoms. The van der Waals surface area contributed by atoms with Gasteiger partial charge in [0.05, 0.1) is 25.5 Å². The van der Waals surface area contributed by atoms with Gasteiger partial charge < -0.3 is 24.9 Å². The van der Waals surface area contributed by atoms with Crippen molar-refractivity contribution in [1.82, 2.24) is 15.3 Å². The van der Waals surface area contributed by atoms with E-state index in [1.54, 1.807) is 19.5 Å². The van der Waals surface area contributed by atoms with Crippen LogP contribution < -0.4 is 14.9 Å². The number of carbonyl (C=O) groups excluding carboxylic acids is 1. The molecule has 374 valence electrons. The first-order chi connectivity index (χ1) is 33.8. The molecule has 1 amide bonds. The van der Waals surface area contributed by atoms with Crippen LogP contribution in [0.15, 0.2) is 110 Å². The first-order valence-corrected chi connectivity index (χ1v) is 26.7. The molecular formula is C60H85N5O4. The fourth-order valence-corrected chi connectivity index (χ4v) is 9.52. The summed E-state index contributed by atoms with van der Waals surface area (Å²) in [4.78, 5) is 24.6. The maximum atomic E-state index is 12.5.